The number of anilines is 2. The summed E-state index contributed by atoms with van der Waals surface area (Å²) in [4.78, 5) is -1.49. The summed E-state index contributed by atoms with van der Waals surface area (Å²) in [6.45, 7) is 1.43. The van der Waals surface area contributed by atoms with Crippen molar-refractivity contribution < 1.29 is 34.4 Å². The van der Waals surface area contributed by atoms with Gasteiger partial charge in [-0.15, -0.1) is 14.3 Å². The molecular weight excluding hydrogens is 486 g/mol. The molecule has 32 heavy (non-hydrogen) atoms. The minimum Gasteiger partial charge on any atom is -0.336 e. The van der Waals surface area contributed by atoms with Crippen LogP contribution < -0.4 is 5.32 Å². The summed E-state index contributed by atoms with van der Waals surface area (Å²) < 4.78 is 91.1. The number of hydrogen-bond donors (Lipinski definition) is 3. The maximum Gasteiger partial charge on any atom is 0.296 e. The number of nitrogens with one attached hydrogen (secondary N) is 1. The first-order valence-corrected chi connectivity index (χ1v) is 12.8. The number of aromatic nitrogens is 2. The molecule has 1 aromatic heterocycles. The van der Waals surface area contributed by atoms with Crippen LogP contribution in [0.15, 0.2) is 67.4 Å². The molecule has 0 spiro atoms. The fraction of sp³-hybridized carbons (Fsp3) is 0.0625. The summed E-state index contributed by atoms with van der Waals surface area (Å²) in [5.74, 6) is -0.0794. The van der Waals surface area contributed by atoms with Gasteiger partial charge < -0.3 is 5.32 Å². The minimum absolute atomic E-state index is 0.0204. The van der Waals surface area contributed by atoms with Crippen LogP contribution in [0.4, 0.5) is 22.9 Å². The molecule has 0 unspecified atom stereocenters. The molecule has 0 saturated heterocycles. The van der Waals surface area contributed by atoms with Crippen molar-refractivity contribution in [3.05, 3.63) is 48.2 Å². The third-order valence-corrected chi connectivity index (χ3v) is 7.79. The highest BCUT2D eigenvalue weighted by Gasteiger charge is 2.33. The van der Waals surface area contributed by atoms with E-state index < -0.39 is 45.7 Å². The van der Waals surface area contributed by atoms with Crippen molar-refractivity contribution in [2.75, 3.05) is 5.32 Å². The second-order valence-electron chi connectivity index (χ2n) is 6.53. The molecule has 13 nitrogen and oxygen atoms in total. The zero-order valence-corrected chi connectivity index (χ0v) is 18.3. The molecule has 3 aromatic rings. The third-order valence-electron chi connectivity index (χ3n) is 4.41. The van der Waals surface area contributed by atoms with E-state index in [0.717, 1.165) is 12.1 Å². The maximum atomic E-state index is 12.9. The molecule has 0 amide bonds. The van der Waals surface area contributed by atoms with Crippen molar-refractivity contribution in [1.29, 1.82) is 0 Å². The Balaban J connectivity index is 1.88. The monoisotopic (exact) mass is 499 g/mol. The lowest BCUT2D eigenvalue weighted by Gasteiger charge is -2.19. The fourth-order valence-electron chi connectivity index (χ4n) is 2.97. The van der Waals surface area contributed by atoms with Gasteiger partial charge >= 0.3 is 0 Å². The van der Waals surface area contributed by atoms with E-state index in [2.05, 4.69) is 20.6 Å². The Bertz CT molecular complexity index is 1620. The smallest absolute Gasteiger partial charge is 0.296 e. The second kappa shape index (κ2) is 7.17. The number of fused-ring (bicyclic) bond motifs is 2. The highest BCUT2D eigenvalue weighted by atomic mass is 32.2. The maximum absolute atomic E-state index is 12.9. The Hall–Kier alpha value is -3.18. The van der Waals surface area contributed by atoms with Crippen LogP contribution in [0.3, 0.4) is 0 Å². The first kappa shape index (κ1) is 22.0. The highest BCUT2D eigenvalue weighted by Crippen LogP contribution is 2.41. The van der Waals surface area contributed by atoms with Gasteiger partial charge in [0.15, 0.2) is 11.5 Å². The normalized spacial score (nSPS) is 15.2. The van der Waals surface area contributed by atoms with Gasteiger partial charge in [0.1, 0.15) is 15.5 Å². The summed E-state index contributed by atoms with van der Waals surface area (Å²) in [6.07, 6.45) is 0. The minimum atomic E-state index is -4.84. The molecule has 0 aliphatic carbocycles. The Labute approximate surface area is 182 Å². The van der Waals surface area contributed by atoms with Gasteiger partial charge in [-0.05, 0) is 37.3 Å². The summed E-state index contributed by atoms with van der Waals surface area (Å²) in [6, 6.07) is 8.23. The summed E-state index contributed by atoms with van der Waals surface area (Å²) in [7, 11) is -13.6. The molecule has 0 bridgehead atoms. The first-order valence-electron chi connectivity index (χ1n) is 8.52. The van der Waals surface area contributed by atoms with Gasteiger partial charge in [0, 0.05) is 0 Å². The summed E-state index contributed by atoms with van der Waals surface area (Å²) in [5, 5.41) is 14.4. The van der Waals surface area contributed by atoms with Crippen LogP contribution in [0.25, 0.3) is 0 Å². The number of benzene rings is 2. The highest BCUT2D eigenvalue weighted by molar-refractivity contribution is 7.90. The topological polar surface area (TPSA) is 197 Å². The Morgan fingerprint density at radius 2 is 1.69 bits per heavy atom. The molecule has 0 radical (unpaired) electrons. The van der Waals surface area contributed by atoms with Crippen LogP contribution in [0.5, 0.6) is 0 Å². The van der Waals surface area contributed by atoms with Crippen molar-refractivity contribution >= 4 is 53.1 Å². The molecule has 3 N–H and O–H groups in total. The molecule has 1 aliphatic rings. The molecule has 16 heteroatoms. The van der Waals surface area contributed by atoms with Crippen molar-refractivity contribution in [2.45, 2.75) is 21.6 Å². The van der Waals surface area contributed by atoms with E-state index in [1.807, 2.05) is 0 Å². The van der Waals surface area contributed by atoms with E-state index in [0.29, 0.717) is 10.2 Å². The van der Waals surface area contributed by atoms with E-state index in [4.69, 9.17) is 0 Å². The lowest BCUT2D eigenvalue weighted by Crippen LogP contribution is -2.22. The number of para-hydroxylation sites is 1. The Morgan fingerprint density at radius 3 is 2.34 bits per heavy atom. The Morgan fingerprint density at radius 1 is 1.00 bits per heavy atom. The first-order chi connectivity index (χ1) is 14.8. The number of hydrogen-bond acceptors (Lipinski definition) is 10. The predicted molar refractivity (Wildman–Crippen MR) is 110 cm³/mol. The number of azo groups is 1. The van der Waals surface area contributed by atoms with Gasteiger partial charge in [-0.3, -0.25) is 9.11 Å². The summed E-state index contributed by atoms with van der Waals surface area (Å²) in [5.41, 5.74) is -0.335. The van der Waals surface area contributed by atoms with Gasteiger partial charge in [-0.2, -0.15) is 30.4 Å². The van der Waals surface area contributed by atoms with Crippen LogP contribution in [-0.2, 0) is 30.3 Å². The molecule has 0 atom stereocenters. The van der Waals surface area contributed by atoms with E-state index in [1.54, 1.807) is 12.1 Å². The second-order valence-corrected chi connectivity index (χ2v) is 11.1. The van der Waals surface area contributed by atoms with Crippen molar-refractivity contribution in [3.63, 3.8) is 0 Å². The van der Waals surface area contributed by atoms with Crippen LogP contribution in [0.1, 0.15) is 5.69 Å². The largest absolute Gasteiger partial charge is 0.336 e. The van der Waals surface area contributed by atoms with Crippen LogP contribution in [0.2, 0.25) is 0 Å². The fourth-order valence-corrected chi connectivity index (χ4v) is 5.51. The molecule has 0 fully saturated rings. The van der Waals surface area contributed by atoms with E-state index in [9.17, 15) is 34.4 Å². The molecule has 168 valence electrons. The number of nitrogens with zero attached hydrogens (tertiary/aromatic N) is 4. The van der Waals surface area contributed by atoms with Gasteiger partial charge in [0.2, 0.25) is 0 Å². The van der Waals surface area contributed by atoms with Crippen LogP contribution in [0, 0.1) is 6.92 Å². The van der Waals surface area contributed by atoms with Gasteiger partial charge in [-0.1, -0.05) is 12.1 Å². The standard InChI is InChI=1S/C16H13N5O8S3/c1-9-15(16-17-11-4-2-3-5-13(11)30(22,23)21(16)20-9)19-18-12-8-10(31(24,25)26)6-7-14(12)32(27,28)29/h2-8,17H,1H3,(H,24,25,26)(H,27,28,29). The van der Waals surface area contributed by atoms with Crippen molar-refractivity contribution in [2.24, 2.45) is 10.2 Å². The third kappa shape index (κ3) is 3.67. The average Bonchev–Trinajstić information content (AvgIpc) is 3.01. The van der Waals surface area contributed by atoms with Gasteiger partial charge in [0.25, 0.3) is 30.3 Å². The molecule has 2 aromatic carbocycles. The quantitative estimate of drug-likeness (QED) is 0.277. The number of aryl methyl sites for hydroxylation is 1. The van der Waals surface area contributed by atoms with Crippen molar-refractivity contribution in [1.82, 2.24) is 9.19 Å². The zero-order chi connectivity index (χ0) is 23.5. The Kier molecular flexibility index (Phi) is 4.94. The van der Waals surface area contributed by atoms with Crippen molar-refractivity contribution in [3.8, 4) is 0 Å². The van der Waals surface area contributed by atoms with Crippen LogP contribution >= 0.6 is 0 Å². The molecule has 1 aliphatic heterocycles. The predicted octanol–water partition coefficient (Wildman–Crippen LogP) is 2.39. The lowest BCUT2D eigenvalue weighted by molar-refractivity contribution is 0.478. The van der Waals surface area contributed by atoms with Crippen LogP contribution in [-0.4, -0.2) is 43.5 Å². The zero-order valence-electron chi connectivity index (χ0n) is 15.9. The average molecular weight is 500 g/mol. The van der Waals surface area contributed by atoms with E-state index >= 15 is 0 Å². The molecular formula is C16H13N5O8S3. The van der Waals surface area contributed by atoms with Gasteiger partial charge in [0.05, 0.1) is 16.3 Å². The molecule has 2 heterocycles. The van der Waals surface area contributed by atoms with E-state index in [-0.39, 0.29) is 27.8 Å². The SMILES string of the molecule is Cc1nn2c(c1N=Nc1cc(S(=O)(=O)O)ccc1S(=O)(=O)O)Nc1ccccc1S2(=O)=O. The molecule has 4 rings (SSSR count). The number of rotatable bonds is 4. The van der Waals surface area contributed by atoms with Gasteiger partial charge in [-0.25, -0.2) is 0 Å². The molecule has 0 saturated carbocycles. The van der Waals surface area contributed by atoms with E-state index in [1.165, 1.54) is 19.1 Å². The lowest BCUT2D eigenvalue weighted by atomic mass is 10.3. The summed E-state index contributed by atoms with van der Waals surface area (Å²) >= 11 is 0.